The normalized spacial score (nSPS) is 10.7. The van der Waals surface area contributed by atoms with E-state index >= 15 is 0 Å². The molecular weight excluding hydrogens is 424 g/mol. The molecule has 3 rings (SSSR count). The number of amides is 1. The van der Waals surface area contributed by atoms with Gasteiger partial charge in [0.25, 0.3) is 5.91 Å². The van der Waals surface area contributed by atoms with Crippen molar-refractivity contribution in [2.75, 3.05) is 12.4 Å². The Morgan fingerprint density at radius 3 is 2.59 bits per heavy atom. The van der Waals surface area contributed by atoms with Gasteiger partial charge in [0.05, 0.1) is 17.3 Å². The van der Waals surface area contributed by atoms with Crippen LogP contribution in [0.25, 0.3) is 11.3 Å². The number of nitrogens with one attached hydrogen (secondary N) is 1. The lowest BCUT2D eigenvalue weighted by Gasteiger charge is -2.06. The Bertz CT molecular complexity index is 951. The van der Waals surface area contributed by atoms with Gasteiger partial charge in [-0.05, 0) is 47.5 Å². The fraction of sp³-hybridized carbons (Fsp3) is 0.238. The van der Waals surface area contributed by atoms with E-state index in [4.69, 9.17) is 9.72 Å². The highest BCUT2D eigenvalue weighted by atomic mass is 79.9. The van der Waals surface area contributed by atoms with Crippen LogP contribution >= 0.6 is 27.3 Å². The van der Waals surface area contributed by atoms with E-state index in [0.29, 0.717) is 16.4 Å². The third-order valence-corrected chi connectivity index (χ3v) is 5.78. The Balaban J connectivity index is 1.86. The summed E-state index contributed by atoms with van der Waals surface area (Å²) >= 11 is 4.95. The molecule has 0 aliphatic heterocycles. The number of ether oxygens (including phenoxy) is 1. The standard InChI is InChI=1S/C21H21BrN2O2S/c1-4-5-18-19(14-8-6-13(2)7-9-14)23-21(27-18)24-20(25)15-10-11-17(26-3)16(22)12-15/h6-12H,4-5H2,1-3H3,(H,23,24,25). The molecule has 0 aliphatic rings. The van der Waals surface area contributed by atoms with Crippen molar-refractivity contribution in [2.45, 2.75) is 26.7 Å². The largest absolute Gasteiger partial charge is 0.496 e. The fourth-order valence-corrected chi connectivity index (χ4v) is 4.34. The number of anilines is 1. The first kappa shape index (κ1) is 19.6. The predicted octanol–water partition coefficient (Wildman–Crippen LogP) is 6.09. The van der Waals surface area contributed by atoms with Gasteiger partial charge in [-0.1, -0.05) is 43.2 Å². The van der Waals surface area contributed by atoms with Crippen molar-refractivity contribution < 1.29 is 9.53 Å². The number of hydrogen-bond donors (Lipinski definition) is 1. The van der Waals surface area contributed by atoms with Crippen LogP contribution in [-0.2, 0) is 6.42 Å². The molecule has 4 nitrogen and oxygen atoms in total. The summed E-state index contributed by atoms with van der Waals surface area (Å²) in [5, 5.41) is 3.55. The van der Waals surface area contributed by atoms with E-state index in [1.807, 2.05) is 0 Å². The minimum Gasteiger partial charge on any atom is -0.496 e. The number of hydrogen-bond acceptors (Lipinski definition) is 4. The molecule has 1 N–H and O–H groups in total. The summed E-state index contributed by atoms with van der Waals surface area (Å²) in [6.45, 7) is 4.21. The quantitative estimate of drug-likeness (QED) is 0.499. The van der Waals surface area contributed by atoms with Gasteiger partial charge in [-0.3, -0.25) is 10.1 Å². The average Bonchev–Trinajstić information content (AvgIpc) is 3.05. The van der Waals surface area contributed by atoms with Gasteiger partial charge in [0.15, 0.2) is 5.13 Å². The second-order valence-corrected chi connectivity index (χ2v) is 8.15. The van der Waals surface area contributed by atoms with E-state index in [1.165, 1.54) is 21.8 Å². The van der Waals surface area contributed by atoms with E-state index in [0.717, 1.165) is 28.6 Å². The number of halogens is 1. The molecule has 27 heavy (non-hydrogen) atoms. The van der Waals surface area contributed by atoms with E-state index in [9.17, 15) is 4.79 Å². The smallest absolute Gasteiger partial charge is 0.257 e. The van der Waals surface area contributed by atoms with Gasteiger partial charge in [0.1, 0.15) is 5.75 Å². The lowest BCUT2D eigenvalue weighted by molar-refractivity contribution is 0.102. The maximum Gasteiger partial charge on any atom is 0.257 e. The molecule has 0 fully saturated rings. The molecule has 0 unspecified atom stereocenters. The first-order chi connectivity index (χ1) is 13.0. The van der Waals surface area contributed by atoms with Crippen molar-refractivity contribution in [1.82, 2.24) is 4.98 Å². The number of carbonyl (C=O) groups is 1. The Hall–Kier alpha value is -2.18. The van der Waals surface area contributed by atoms with Crippen LogP contribution in [-0.4, -0.2) is 18.0 Å². The summed E-state index contributed by atoms with van der Waals surface area (Å²) in [5.41, 5.74) is 3.79. The molecule has 0 aliphatic carbocycles. The molecule has 3 aromatic rings. The van der Waals surface area contributed by atoms with Crippen LogP contribution in [0.2, 0.25) is 0 Å². The van der Waals surface area contributed by atoms with Crippen molar-refractivity contribution in [3.63, 3.8) is 0 Å². The Morgan fingerprint density at radius 2 is 1.96 bits per heavy atom. The number of thiazole rings is 1. The van der Waals surface area contributed by atoms with Crippen LogP contribution in [0.4, 0.5) is 5.13 Å². The summed E-state index contributed by atoms with van der Waals surface area (Å²) in [5.74, 6) is 0.498. The third kappa shape index (κ3) is 4.57. The molecule has 0 bridgehead atoms. The van der Waals surface area contributed by atoms with Crippen molar-refractivity contribution in [3.05, 3.63) is 62.9 Å². The van der Waals surface area contributed by atoms with Crippen LogP contribution in [0.1, 0.15) is 34.1 Å². The number of nitrogens with zero attached hydrogens (tertiary/aromatic N) is 1. The van der Waals surface area contributed by atoms with Gasteiger partial charge in [0, 0.05) is 16.0 Å². The fourth-order valence-electron chi connectivity index (χ4n) is 2.72. The highest BCUT2D eigenvalue weighted by molar-refractivity contribution is 9.10. The van der Waals surface area contributed by atoms with E-state index in [-0.39, 0.29) is 5.91 Å². The van der Waals surface area contributed by atoms with E-state index in [2.05, 4.69) is 59.4 Å². The Kier molecular flexibility index (Phi) is 6.29. The molecule has 1 aromatic heterocycles. The summed E-state index contributed by atoms with van der Waals surface area (Å²) in [6, 6.07) is 13.6. The van der Waals surface area contributed by atoms with Crippen molar-refractivity contribution in [2.24, 2.45) is 0 Å². The molecule has 6 heteroatoms. The maximum atomic E-state index is 12.6. The number of methoxy groups -OCH3 is 1. The van der Waals surface area contributed by atoms with Gasteiger partial charge in [0.2, 0.25) is 0 Å². The first-order valence-corrected chi connectivity index (χ1v) is 10.3. The summed E-state index contributed by atoms with van der Waals surface area (Å²) in [6.07, 6.45) is 1.96. The number of carbonyl (C=O) groups excluding carboxylic acids is 1. The van der Waals surface area contributed by atoms with Crippen molar-refractivity contribution in [1.29, 1.82) is 0 Å². The van der Waals surface area contributed by atoms with Gasteiger partial charge < -0.3 is 4.74 Å². The third-order valence-electron chi connectivity index (χ3n) is 4.13. The van der Waals surface area contributed by atoms with Gasteiger partial charge in [-0.2, -0.15) is 0 Å². The average molecular weight is 445 g/mol. The maximum absolute atomic E-state index is 12.6. The van der Waals surface area contributed by atoms with Crippen molar-refractivity contribution >= 4 is 38.3 Å². The molecule has 0 atom stereocenters. The monoisotopic (exact) mass is 444 g/mol. The number of aryl methyl sites for hydroxylation is 2. The second-order valence-electron chi connectivity index (χ2n) is 6.21. The van der Waals surface area contributed by atoms with Crippen LogP contribution < -0.4 is 10.1 Å². The Labute approximate surface area is 171 Å². The summed E-state index contributed by atoms with van der Waals surface area (Å²) in [4.78, 5) is 18.5. The minimum atomic E-state index is -0.189. The molecule has 0 saturated heterocycles. The summed E-state index contributed by atoms with van der Waals surface area (Å²) < 4.78 is 5.95. The molecule has 0 saturated carbocycles. The zero-order valence-corrected chi connectivity index (χ0v) is 17.9. The number of benzene rings is 2. The highest BCUT2D eigenvalue weighted by Gasteiger charge is 2.16. The molecular formula is C21H21BrN2O2S. The molecule has 1 amide bonds. The van der Waals surface area contributed by atoms with Gasteiger partial charge in [-0.25, -0.2) is 4.98 Å². The SMILES string of the molecule is CCCc1sc(NC(=O)c2ccc(OC)c(Br)c2)nc1-c1ccc(C)cc1. The van der Waals surface area contributed by atoms with Crippen molar-refractivity contribution in [3.8, 4) is 17.0 Å². The first-order valence-electron chi connectivity index (χ1n) is 8.73. The van der Waals surface area contributed by atoms with Gasteiger partial charge in [-0.15, -0.1) is 11.3 Å². The zero-order chi connectivity index (χ0) is 19.4. The predicted molar refractivity (Wildman–Crippen MR) is 115 cm³/mol. The molecule has 0 radical (unpaired) electrons. The number of aromatic nitrogens is 1. The summed E-state index contributed by atoms with van der Waals surface area (Å²) in [7, 11) is 1.59. The highest BCUT2D eigenvalue weighted by Crippen LogP contribution is 2.33. The van der Waals surface area contributed by atoms with Crippen LogP contribution in [0.15, 0.2) is 46.9 Å². The lowest BCUT2D eigenvalue weighted by Crippen LogP contribution is -2.11. The molecule has 1 heterocycles. The van der Waals surface area contributed by atoms with Crippen LogP contribution in [0.3, 0.4) is 0 Å². The lowest BCUT2D eigenvalue weighted by atomic mass is 10.1. The van der Waals surface area contributed by atoms with E-state index < -0.39 is 0 Å². The molecule has 0 spiro atoms. The van der Waals surface area contributed by atoms with Gasteiger partial charge >= 0.3 is 0 Å². The van der Waals surface area contributed by atoms with Crippen LogP contribution in [0.5, 0.6) is 5.75 Å². The number of rotatable bonds is 6. The molecule has 140 valence electrons. The van der Waals surface area contributed by atoms with Crippen LogP contribution in [0, 0.1) is 6.92 Å². The zero-order valence-electron chi connectivity index (χ0n) is 15.5. The Morgan fingerprint density at radius 1 is 1.22 bits per heavy atom. The minimum absolute atomic E-state index is 0.189. The molecule has 2 aromatic carbocycles. The van der Waals surface area contributed by atoms with E-state index in [1.54, 1.807) is 25.3 Å². The topological polar surface area (TPSA) is 51.2 Å². The second kappa shape index (κ2) is 8.67.